The maximum absolute atomic E-state index is 6.58. The maximum Gasteiger partial charge on any atom is 0.260 e. The van der Waals surface area contributed by atoms with Gasteiger partial charge in [-0.05, 0) is 80.2 Å². The maximum atomic E-state index is 6.58. The van der Waals surface area contributed by atoms with E-state index < -0.39 is 8.07 Å². The van der Waals surface area contributed by atoms with Crippen LogP contribution in [0.4, 0.5) is 0 Å². The SMILES string of the molecule is c1ccc([Si](c2ccccc2)(c2ccccc2)c2ccc3c(c2)c2ccccc2n3-c2ccc3c(c2)B2c4ccccc4Oc4cccc(c42)O3)cc1. The second-order valence-corrected chi connectivity index (χ2v) is 17.8. The standard InChI is InChI=1S/C48H32BNO2Si/c1-4-15-34(16-5-1)53(35-17-6-2-7-18-35,36-19-8-3-9-20-36)37-28-29-43-39(32-37)38-21-10-12-23-42(38)50(43)33-27-30-45-41(31-33)49-40-22-11-13-24-44(40)51-46-25-14-26-47(52-45)48(46)49/h1-32H. The first-order valence-corrected chi connectivity index (χ1v) is 20.2. The fraction of sp³-hybridized carbons (Fsp3) is 0. The van der Waals surface area contributed by atoms with Crippen LogP contribution < -0.4 is 46.6 Å². The number of hydrogen-bond acceptors (Lipinski definition) is 2. The summed E-state index contributed by atoms with van der Waals surface area (Å²) in [4.78, 5) is 0. The molecule has 0 fully saturated rings. The quantitative estimate of drug-likeness (QED) is 0.145. The van der Waals surface area contributed by atoms with E-state index in [0.29, 0.717) is 0 Å². The molecule has 0 aliphatic carbocycles. The van der Waals surface area contributed by atoms with Crippen LogP contribution in [0.3, 0.4) is 0 Å². The molecule has 0 bridgehead atoms. The van der Waals surface area contributed by atoms with Crippen molar-refractivity contribution in [2.45, 2.75) is 0 Å². The number of benzene rings is 8. The summed E-state index contributed by atoms with van der Waals surface area (Å²) in [5.41, 5.74) is 6.85. The molecule has 0 saturated carbocycles. The third kappa shape index (κ3) is 4.41. The summed E-state index contributed by atoms with van der Waals surface area (Å²) in [6.45, 7) is 0.00350. The number of ether oxygens (including phenoxy) is 2. The topological polar surface area (TPSA) is 23.4 Å². The number of hydrogen-bond donors (Lipinski definition) is 0. The molecule has 0 spiro atoms. The zero-order valence-electron chi connectivity index (χ0n) is 28.8. The molecule has 9 aromatic rings. The van der Waals surface area contributed by atoms with Crippen LogP contribution in [-0.2, 0) is 0 Å². The Morgan fingerprint density at radius 1 is 0.377 bits per heavy atom. The molecule has 3 heterocycles. The fourth-order valence-corrected chi connectivity index (χ4v) is 13.8. The first kappa shape index (κ1) is 30.1. The second-order valence-electron chi connectivity index (χ2n) is 14.0. The molecule has 53 heavy (non-hydrogen) atoms. The van der Waals surface area contributed by atoms with Crippen LogP contribution in [0.15, 0.2) is 194 Å². The summed E-state index contributed by atoms with van der Waals surface area (Å²) in [6, 6.07) is 70.7. The normalized spacial score (nSPS) is 12.8. The van der Waals surface area contributed by atoms with Gasteiger partial charge >= 0.3 is 0 Å². The Hall–Kier alpha value is -6.56. The van der Waals surface area contributed by atoms with Gasteiger partial charge in [-0.2, -0.15) is 0 Å². The van der Waals surface area contributed by atoms with Crippen molar-refractivity contribution in [2.24, 2.45) is 0 Å². The molecule has 8 aromatic carbocycles. The van der Waals surface area contributed by atoms with Gasteiger partial charge in [0, 0.05) is 21.9 Å². The summed E-state index contributed by atoms with van der Waals surface area (Å²) < 4.78 is 15.4. The van der Waals surface area contributed by atoms with Crippen LogP contribution in [-0.4, -0.2) is 19.4 Å². The molecule has 0 N–H and O–H groups in total. The van der Waals surface area contributed by atoms with Gasteiger partial charge in [0.2, 0.25) is 0 Å². The van der Waals surface area contributed by atoms with Crippen molar-refractivity contribution in [3.05, 3.63) is 194 Å². The van der Waals surface area contributed by atoms with E-state index in [0.717, 1.165) is 45.1 Å². The predicted octanol–water partition coefficient (Wildman–Crippen LogP) is 6.89. The van der Waals surface area contributed by atoms with Crippen molar-refractivity contribution in [3.8, 4) is 28.7 Å². The molecule has 11 rings (SSSR count). The summed E-state index contributed by atoms with van der Waals surface area (Å²) in [6.07, 6.45) is 0. The Morgan fingerprint density at radius 2 is 0.925 bits per heavy atom. The van der Waals surface area contributed by atoms with Gasteiger partial charge in [0.1, 0.15) is 23.0 Å². The zero-order chi connectivity index (χ0) is 34.9. The minimum atomic E-state index is -2.71. The van der Waals surface area contributed by atoms with E-state index >= 15 is 0 Å². The molecule has 0 unspecified atom stereocenters. The molecule has 2 aliphatic heterocycles. The van der Waals surface area contributed by atoms with E-state index in [-0.39, 0.29) is 6.71 Å². The number of aromatic nitrogens is 1. The van der Waals surface area contributed by atoms with Gasteiger partial charge in [0.05, 0.1) is 11.0 Å². The van der Waals surface area contributed by atoms with Crippen molar-refractivity contribution < 1.29 is 9.47 Å². The van der Waals surface area contributed by atoms with E-state index in [2.05, 4.69) is 174 Å². The first-order valence-electron chi connectivity index (χ1n) is 18.2. The lowest BCUT2D eigenvalue weighted by Gasteiger charge is -2.34. The largest absolute Gasteiger partial charge is 0.458 e. The highest BCUT2D eigenvalue weighted by atomic mass is 28.3. The average molecular weight is 694 g/mol. The predicted molar refractivity (Wildman–Crippen MR) is 222 cm³/mol. The number of nitrogens with zero attached hydrogens (tertiary/aromatic N) is 1. The second kappa shape index (κ2) is 11.7. The molecule has 2 aliphatic rings. The van der Waals surface area contributed by atoms with Gasteiger partial charge in [0.25, 0.3) is 6.71 Å². The molecule has 3 nitrogen and oxygen atoms in total. The van der Waals surface area contributed by atoms with Crippen LogP contribution in [0.2, 0.25) is 0 Å². The van der Waals surface area contributed by atoms with Crippen LogP contribution in [0.1, 0.15) is 0 Å². The third-order valence-corrected chi connectivity index (χ3v) is 16.0. The van der Waals surface area contributed by atoms with Crippen molar-refractivity contribution in [1.29, 1.82) is 0 Å². The lowest BCUT2D eigenvalue weighted by atomic mass is 9.35. The highest BCUT2D eigenvalue weighted by Gasteiger charge is 2.42. The zero-order valence-corrected chi connectivity index (χ0v) is 29.8. The van der Waals surface area contributed by atoms with Crippen molar-refractivity contribution in [2.75, 3.05) is 0 Å². The van der Waals surface area contributed by atoms with E-state index in [4.69, 9.17) is 9.47 Å². The summed E-state index contributed by atoms with van der Waals surface area (Å²) >= 11 is 0. The number of fused-ring (bicyclic) bond motifs is 7. The molecule has 0 atom stereocenters. The molecule has 0 saturated heterocycles. The van der Waals surface area contributed by atoms with E-state index in [1.165, 1.54) is 42.6 Å². The number of rotatable bonds is 5. The van der Waals surface area contributed by atoms with Crippen LogP contribution in [0, 0.1) is 0 Å². The summed E-state index contributed by atoms with van der Waals surface area (Å²) in [5.74, 6) is 3.49. The first-order chi connectivity index (χ1) is 26.3. The monoisotopic (exact) mass is 693 g/mol. The smallest absolute Gasteiger partial charge is 0.260 e. The van der Waals surface area contributed by atoms with Gasteiger partial charge in [-0.3, -0.25) is 0 Å². The Morgan fingerprint density at radius 3 is 1.60 bits per heavy atom. The van der Waals surface area contributed by atoms with E-state index in [1.807, 2.05) is 24.3 Å². The van der Waals surface area contributed by atoms with Gasteiger partial charge in [-0.25, -0.2) is 0 Å². The molecule has 5 heteroatoms. The minimum Gasteiger partial charge on any atom is -0.458 e. The van der Waals surface area contributed by atoms with E-state index in [1.54, 1.807) is 0 Å². The molecular weight excluding hydrogens is 661 g/mol. The van der Waals surface area contributed by atoms with Crippen molar-refractivity contribution in [3.63, 3.8) is 0 Å². The number of para-hydroxylation sites is 2. The fourth-order valence-electron chi connectivity index (χ4n) is 9.06. The summed E-state index contributed by atoms with van der Waals surface area (Å²) in [7, 11) is -2.71. The summed E-state index contributed by atoms with van der Waals surface area (Å²) in [5, 5.41) is 7.94. The Kier molecular flexibility index (Phi) is 6.67. The van der Waals surface area contributed by atoms with Gasteiger partial charge < -0.3 is 14.0 Å². The van der Waals surface area contributed by atoms with Gasteiger partial charge in [-0.15, -0.1) is 0 Å². The van der Waals surface area contributed by atoms with Crippen molar-refractivity contribution >= 4 is 73.7 Å². The Balaban J connectivity index is 1.16. The lowest BCUT2D eigenvalue weighted by Crippen LogP contribution is -2.74. The van der Waals surface area contributed by atoms with Crippen LogP contribution in [0.25, 0.3) is 27.5 Å². The highest BCUT2D eigenvalue weighted by Crippen LogP contribution is 2.36. The third-order valence-electron chi connectivity index (χ3n) is 11.3. The van der Waals surface area contributed by atoms with E-state index in [9.17, 15) is 0 Å². The molecule has 248 valence electrons. The molecule has 1 aromatic heterocycles. The van der Waals surface area contributed by atoms with Crippen molar-refractivity contribution in [1.82, 2.24) is 4.57 Å². The Bertz CT molecular complexity index is 2740. The van der Waals surface area contributed by atoms with Crippen LogP contribution >= 0.6 is 0 Å². The highest BCUT2D eigenvalue weighted by molar-refractivity contribution is 7.20. The minimum absolute atomic E-state index is 0.00350. The molecular formula is C48H32BNO2Si. The van der Waals surface area contributed by atoms with Gasteiger partial charge in [0.15, 0.2) is 8.07 Å². The van der Waals surface area contributed by atoms with Gasteiger partial charge in [-0.1, -0.05) is 146 Å². The molecule has 0 amide bonds. The molecule has 0 radical (unpaired) electrons. The Labute approximate surface area is 309 Å². The lowest BCUT2D eigenvalue weighted by molar-refractivity contribution is 0.464. The average Bonchev–Trinajstić information content (AvgIpc) is 3.56. The van der Waals surface area contributed by atoms with Crippen LogP contribution in [0.5, 0.6) is 23.0 Å².